The molecule has 1 N–H and O–H groups in total. The van der Waals surface area contributed by atoms with Crippen molar-refractivity contribution in [1.82, 2.24) is 5.32 Å². The zero-order chi connectivity index (χ0) is 9.03. The summed E-state index contributed by atoms with van der Waals surface area (Å²) in [5.74, 6) is 0. The minimum atomic E-state index is 0.250. The smallest absolute Gasteiger partial charge is 0.0626 e. The quantitative estimate of drug-likeness (QED) is 0.731. The van der Waals surface area contributed by atoms with E-state index >= 15 is 0 Å². The highest BCUT2D eigenvalue weighted by Crippen LogP contribution is 2.26. The molecule has 0 radical (unpaired) electrons. The van der Waals surface area contributed by atoms with Crippen molar-refractivity contribution < 1.29 is 4.74 Å². The fourth-order valence-electron chi connectivity index (χ4n) is 1.36. The molecule has 0 saturated carbocycles. The summed E-state index contributed by atoms with van der Waals surface area (Å²) in [5, 5.41) is 3.38. The van der Waals surface area contributed by atoms with Crippen molar-refractivity contribution in [3.8, 4) is 0 Å². The standard InChI is InChI=1S/C9H16ClNO/c1-9(2)7-12-6-8(9)11-5-3-4-10/h3-4,8,11H,5-7H2,1-2H3/b4-3+. The van der Waals surface area contributed by atoms with Gasteiger partial charge in [0.15, 0.2) is 0 Å². The van der Waals surface area contributed by atoms with Crippen LogP contribution in [0.5, 0.6) is 0 Å². The molecule has 2 nitrogen and oxygen atoms in total. The van der Waals surface area contributed by atoms with Gasteiger partial charge in [0, 0.05) is 23.5 Å². The van der Waals surface area contributed by atoms with Gasteiger partial charge >= 0.3 is 0 Å². The molecule has 1 aliphatic rings. The monoisotopic (exact) mass is 189 g/mol. The molecule has 1 saturated heterocycles. The first kappa shape index (κ1) is 10.0. The molecular weight excluding hydrogens is 174 g/mol. The molecule has 1 rings (SSSR count). The van der Waals surface area contributed by atoms with E-state index in [-0.39, 0.29) is 5.41 Å². The minimum absolute atomic E-state index is 0.250. The average Bonchev–Trinajstić information content (AvgIpc) is 2.32. The number of ether oxygens (including phenoxy) is 1. The Bertz CT molecular complexity index is 168. The van der Waals surface area contributed by atoms with Crippen molar-refractivity contribution >= 4 is 11.6 Å². The molecule has 1 heterocycles. The van der Waals surface area contributed by atoms with Crippen molar-refractivity contribution in [2.45, 2.75) is 19.9 Å². The van der Waals surface area contributed by atoms with E-state index in [0.717, 1.165) is 19.8 Å². The van der Waals surface area contributed by atoms with Crippen molar-refractivity contribution in [1.29, 1.82) is 0 Å². The van der Waals surface area contributed by atoms with Crippen LogP contribution in [0.1, 0.15) is 13.8 Å². The van der Waals surface area contributed by atoms with E-state index in [4.69, 9.17) is 16.3 Å². The predicted octanol–water partition coefficient (Wildman–Crippen LogP) is 1.75. The largest absolute Gasteiger partial charge is 0.379 e. The minimum Gasteiger partial charge on any atom is -0.379 e. The lowest BCUT2D eigenvalue weighted by atomic mass is 9.88. The van der Waals surface area contributed by atoms with Gasteiger partial charge in [-0.05, 0) is 0 Å². The van der Waals surface area contributed by atoms with Gasteiger partial charge in [-0.1, -0.05) is 31.5 Å². The number of rotatable bonds is 3. The maximum atomic E-state index is 5.41. The van der Waals surface area contributed by atoms with Crippen molar-refractivity contribution in [3.05, 3.63) is 11.6 Å². The summed E-state index contributed by atoms with van der Waals surface area (Å²) in [7, 11) is 0. The van der Waals surface area contributed by atoms with Crippen molar-refractivity contribution in [3.63, 3.8) is 0 Å². The van der Waals surface area contributed by atoms with E-state index in [1.54, 1.807) is 0 Å². The maximum absolute atomic E-state index is 5.41. The number of nitrogens with one attached hydrogen (secondary N) is 1. The van der Waals surface area contributed by atoms with Crippen LogP contribution in [-0.2, 0) is 4.74 Å². The lowest BCUT2D eigenvalue weighted by Crippen LogP contribution is -2.40. The fraction of sp³-hybridized carbons (Fsp3) is 0.778. The summed E-state index contributed by atoms with van der Waals surface area (Å²) in [5.41, 5.74) is 1.79. The Kier molecular flexibility index (Phi) is 3.56. The van der Waals surface area contributed by atoms with Gasteiger partial charge in [-0.2, -0.15) is 0 Å². The molecule has 1 fully saturated rings. The maximum Gasteiger partial charge on any atom is 0.0626 e. The van der Waals surface area contributed by atoms with Crippen LogP contribution in [-0.4, -0.2) is 25.8 Å². The predicted molar refractivity (Wildman–Crippen MR) is 51.4 cm³/mol. The van der Waals surface area contributed by atoms with Crippen LogP contribution in [0.2, 0.25) is 0 Å². The Morgan fingerprint density at radius 2 is 2.42 bits per heavy atom. The zero-order valence-electron chi connectivity index (χ0n) is 7.64. The van der Waals surface area contributed by atoms with Crippen molar-refractivity contribution in [2.75, 3.05) is 19.8 Å². The van der Waals surface area contributed by atoms with Crippen LogP contribution >= 0.6 is 11.6 Å². The Balaban J connectivity index is 2.31. The summed E-state index contributed by atoms with van der Waals surface area (Å²) in [6.45, 7) is 6.89. The molecule has 1 unspecified atom stereocenters. The van der Waals surface area contributed by atoms with Gasteiger partial charge in [-0.3, -0.25) is 0 Å². The summed E-state index contributed by atoms with van der Waals surface area (Å²) < 4.78 is 5.38. The highest BCUT2D eigenvalue weighted by molar-refractivity contribution is 6.25. The number of halogens is 1. The normalized spacial score (nSPS) is 28.4. The van der Waals surface area contributed by atoms with Crippen LogP contribution in [0.4, 0.5) is 0 Å². The van der Waals surface area contributed by atoms with Gasteiger partial charge in [-0.25, -0.2) is 0 Å². The summed E-state index contributed by atoms with van der Waals surface area (Å²) in [6.07, 6.45) is 1.90. The highest BCUT2D eigenvalue weighted by atomic mass is 35.5. The van der Waals surface area contributed by atoms with Gasteiger partial charge < -0.3 is 10.1 Å². The Morgan fingerprint density at radius 1 is 1.67 bits per heavy atom. The summed E-state index contributed by atoms with van der Waals surface area (Å²) >= 11 is 5.41. The SMILES string of the molecule is CC1(C)COCC1NC/C=C/Cl. The van der Waals surface area contributed by atoms with Crippen LogP contribution in [0.15, 0.2) is 11.6 Å². The molecule has 0 aliphatic carbocycles. The van der Waals surface area contributed by atoms with Crippen LogP contribution in [0.25, 0.3) is 0 Å². The van der Waals surface area contributed by atoms with Crippen LogP contribution in [0, 0.1) is 5.41 Å². The van der Waals surface area contributed by atoms with Crippen molar-refractivity contribution in [2.24, 2.45) is 5.41 Å². The first-order valence-electron chi connectivity index (χ1n) is 4.23. The van der Waals surface area contributed by atoms with Crippen LogP contribution in [0.3, 0.4) is 0 Å². The van der Waals surface area contributed by atoms with E-state index in [1.807, 2.05) is 6.08 Å². The summed E-state index contributed by atoms with van der Waals surface area (Å²) in [4.78, 5) is 0. The van der Waals surface area contributed by atoms with E-state index in [1.165, 1.54) is 5.54 Å². The molecule has 1 atom stereocenters. The van der Waals surface area contributed by atoms with Gasteiger partial charge in [-0.15, -0.1) is 0 Å². The lowest BCUT2D eigenvalue weighted by Gasteiger charge is -2.24. The molecule has 1 aliphatic heterocycles. The van der Waals surface area contributed by atoms with E-state index in [9.17, 15) is 0 Å². The van der Waals surface area contributed by atoms with E-state index in [2.05, 4.69) is 19.2 Å². The molecule has 12 heavy (non-hydrogen) atoms. The third-order valence-corrected chi connectivity index (χ3v) is 2.45. The molecule has 0 bridgehead atoms. The molecule has 70 valence electrons. The molecule has 0 amide bonds. The highest BCUT2D eigenvalue weighted by Gasteiger charge is 2.34. The molecule has 3 heteroatoms. The first-order valence-corrected chi connectivity index (χ1v) is 4.67. The van der Waals surface area contributed by atoms with E-state index in [0.29, 0.717) is 6.04 Å². The Hall–Kier alpha value is -0.0500. The topological polar surface area (TPSA) is 21.3 Å². The second-order valence-electron chi connectivity index (χ2n) is 3.83. The van der Waals surface area contributed by atoms with Gasteiger partial charge in [0.25, 0.3) is 0 Å². The Labute approximate surface area is 78.9 Å². The molecule has 0 aromatic rings. The second kappa shape index (κ2) is 4.26. The zero-order valence-corrected chi connectivity index (χ0v) is 8.40. The molecule has 0 aromatic heterocycles. The summed E-state index contributed by atoms with van der Waals surface area (Å²) in [6, 6.07) is 0.449. The third kappa shape index (κ3) is 2.47. The van der Waals surface area contributed by atoms with E-state index < -0.39 is 0 Å². The molecular formula is C9H16ClNO. The van der Waals surface area contributed by atoms with Gasteiger partial charge in [0.05, 0.1) is 13.2 Å². The lowest BCUT2D eigenvalue weighted by molar-refractivity contribution is 0.166. The second-order valence-corrected chi connectivity index (χ2v) is 4.08. The first-order chi connectivity index (χ1) is 5.67. The van der Waals surface area contributed by atoms with Gasteiger partial charge in [0.2, 0.25) is 0 Å². The molecule has 0 spiro atoms. The van der Waals surface area contributed by atoms with Gasteiger partial charge in [0.1, 0.15) is 0 Å². The fourth-order valence-corrected chi connectivity index (χ4v) is 1.45. The third-order valence-electron chi connectivity index (χ3n) is 2.27. The van der Waals surface area contributed by atoms with Crippen LogP contribution < -0.4 is 5.32 Å². The average molecular weight is 190 g/mol. The Morgan fingerprint density at radius 3 is 2.92 bits per heavy atom. The number of hydrogen-bond donors (Lipinski definition) is 1. The number of hydrogen-bond acceptors (Lipinski definition) is 2. The molecule has 0 aromatic carbocycles.